The Hall–Kier alpha value is -1.93. The number of terminal acetylenes is 1. The molecule has 20 heavy (non-hydrogen) atoms. The maximum Gasteiger partial charge on any atom is 0.328 e. The van der Waals surface area contributed by atoms with Crippen molar-refractivity contribution in [2.24, 2.45) is 0 Å². The van der Waals surface area contributed by atoms with E-state index in [1.807, 2.05) is 6.92 Å². The van der Waals surface area contributed by atoms with Gasteiger partial charge in [0.15, 0.2) is 11.5 Å². The molecule has 0 aliphatic rings. The average Bonchev–Trinajstić information content (AvgIpc) is 2.39. The van der Waals surface area contributed by atoms with Crippen LogP contribution in [0.5, 0.6) is 11.5 Å². The normalized spacial score (nSPS) is 10.2. The second-order valence-corrected chi connectivity index (χ2v) is 4.59. The van der Waals surface area contributed by atoms with E-state index in [4.69, 9.17) is 21.0 Å². The Bertz CT molecular complexity index is 544. The molecule has 0 aromatic heterocycles. The van der Waals surface area contributed by atoms with E-state index in [0.29, 0.717) is 41.2 Å². The van der Waals surface area contributed by atoms with E-state index < -0.39 is 5.97 Å². The summed E-state index contributed by atoms with van der Waals surface area (Å²) in [7, 11) is 0. The molecule has 0 heterocycles. The Balaban J connectivity index is 3.05. The topological polar surface area (TPSA) is 55.8 Å². The minimum Gasteiger partial charge on any atom is -0.490 e. The van der Waals surface area contributed by atoms with Crippen LogP contribution >= 0.6 is 15.9 Å². The zero-order valence-electron chi connectivity index (χ0n) is 11.1. The first-order valence-electron chi connectivity index (χ1n) is 6.02. The molecule has 0 aliphatic heterocycles. The van der Waals surface area contributed by atoms with Crippen LogP contribution in [-0.4, -0.2) is 24.3 Å². The smallest absolute Gasteiger partial charge is 0.328 e. The van der Waals surface area contributed by atoms with Crippen molar-refractivity contribution < 1.29 is 19.4 Å². The Morgan fingerprint density at radius 2 is 2.25 bits per heavy atom. The summed E-state index contributed by atoms with van der Waals surface area (Å²) in [6.07, 6.45) is 8.23. The van der Waals surface area contributed by atoms with Crippen LogP contribution in [0.1, 0.15) is 18.9 Å². The molecule has 0 spiro atoms. The molecule has 1 aromatic rings. The lowest BCUT2D eigenvalue weighted by Gasteiger charge is -2.14. The van der Waals surface area contributed by atoms with E-state index in [0.717, 1.165) is 6.08 Å². The van der Waals surface area contributed by atoms with Crippen molar-refractivity contribution in [1.29, 1.82) is 0 Å². The highest BCUT2D eigenvalue weighted by Crippen LogP contribution is 2.37. The van der Waals surface area contributed by atoms with Gasteiger partial charge in [-0.3, -0.25) is 0 Å². The van der Waals surface area contributed by atoms with E-state index in [1.165, 1.54) is 6.08 Å². The number of aliphatic carboxylic acids is 1. The predicted octanol–water partition coefficient (Wildman–Crippen LogP) is 3.35. The van der Waals surface area contributed by atoms with Crippen molar-refractivity contribution in [3.8, 4) is 23.8 Å². The summed E-state index contributed by atoms with van der Waals surface area (Å²) in [5.74, 6) is 2.60. The number of carbonyl (C=O) groups is 1. The molecule has 0 saturated heterocycles. The van der Waals surface area contributed by atoms with Gasteiger partial charge in [0.1, 0.15) is 0 Å². The first kappa shape index (κ1) is 16.1. The van der Waals surface area contributed by atoms with Crippen LogP contribution in [0.2, 0.25) is 0 Å². The van der Waals surface area contributed by atoms with E-state index in [1.54, 1.807) is 12.1 Å². The van der Waals surface area contributed by atoms with Crippen molar-refractivity contribution in [3.63, 3.8) is 0 Å². The molecule has 1 aromatic carbocycles. The first-order valence-corrected chi connectivity index (χ1v) is 6.81. The van der Waals surface area contributed by atoms with Gasteiger partial charge in [-0.15, -0.1) is 12.3 Å². The SMILES string of the molecule is C#CCCOc1c(Br)cc(/C=C/C(=O)O)cc1OCC. The Kier molecular flexibility index (Phi) is 6.68. The average molecular weight is 339 g/mol. The van der Waals surface area contributed by atoms with Gasteiger partial charge in [-0.1, -0.05) is 0 Å². The van der Waals surface area contributed by atoms with E-state index in [9.17, 15) is 4.79 Å². The number of carboxylic acids is 1. The largest absolute Gasteiger partial charge is 0.490 e. The van der Waals surface area contributed by atoms with Gasteiger partial charge >= 0.3 is 5.97 Å². The van der Waals surface area contributed by atoms with Crippen LogP contribution in [0.25, 0.3) is 6.08 Å². The Morgan fingerprint density at radius 1 is 1.50 bits per heavy atom. The fourth-order valence-electron chi connectivity index (χ4n) is 1.47. The summed E-state index contributed by atoms with van der Waals surface area (Å²) in [4.78, 5) is 10.5. The molecule has 1 rings (SSSR count). The molecule has 0 saturated carbocycles. The third-order valence-corrected chi connectivity index (χ3v) is 2.83. The van der Waals surface area contributed by atoms with Gasteiger partial charge in [-0.05, 0) is 46.6 Å². The van der Waals surface area contributed by atoms with Gasteiger partial charge in [0.2, 0.25) is 0 Å². The number of hydrogen-bond acceptors (Lipinski definition) is 3. The Labute approximate surface area is 126 Å². The molecule has 106 valence electrons. The Morgan fingerprint density at radius 3 is 2.85 bits per heavy atom. The summed E-state index contributed by atoms with van der Waals surface area (Å²) < 4.78 is 11.8. The van der Waals surface area contributed by atoms with Gasteiger partial charge in [0.25, 0.3) is 0 Å². The highest BCUT2D eigenvalue weighted by molar-refractivity contribution is 9.10. The van der Waals surface area contributed by atoms with Crippen LogP contribution in [0.3, 0.4) is 0 Å². The minimum absolute atomic E-state index is 0.388. The number of benzene rings is 1. The van der Waals surface area contributed by atoms with Crippen molar-refractivity contribution >= 4 is 28.0 Å². The summed E-state index contributed by atoms with van der Waals surface area (Å²) >= 11 is 3.39. The molecule has 0 radical (unpaired) electrons. The van der Waals surface area contributed by atoms with Crippen LogP contribution in [0.4, 0.5) is 0 Å². The molecule has 1 N–H and O–H groups in total. The summed E-state index contributed by atoms with van der Waals surface area (Å²) in [5.41, 5.74) is 0.701. The van der Waals surface area contributed by atoms with Crippen LogP contribution in [-0.2, 0) is 4.79 Å². The second kappa shape index (κ2) is 8.28. The molecular weight excluding hydrogens is 324 g/mol. The monoisotopic (exact) mass is 338 g/mol. The number of carboxylic acid groups (broad SMARTS) is 1. The third-order valence-electron chi connectivity index (χ3n) is 2.24. The minimum atomic E-state index is -1.01. The predicted molar refractivity (Wildman–Crippen MR) is 80.9 cm³/mol. The number of hydrogen-bond donors (Lipinski definition) is 1. The summed E-state index contributed by atoms with van der Waals surface area (Å²) in [5, 5.41) is 8.64. The fraction of sp³-hybridized carbons (Fsp3) is 0.267. The molecule has 0 fully saturated rings. The molecule has 0 aliphatic carbocycles. The molecule has 0 bridgehead atoms. The van der Waals surface area contributed by atoms with Gasteiger partial charge < -0.3 is 14.6 Å². The van der Waals surface area contributed by atoms with Gasteiger partial charge in [0, 0.05) is 12.5 Å². The standard InChI is InChI=1S/C15H15BrO4/c1-3-5-8-20-15-12(16)9-11(6-7-14(17)18)10-13(15)19-4-2/h1,6-7,9-10H,4-5,8H2,2H3,(H,17,18)/b7-6+. The molecule has 5 heteroatoms. The van der Waals surface area contributed by atoms with Crippen molar-refractivity contribution in [1.82, 2.24) is 0 Å². The summed E-state index contributed by atoms with van der Waals surface area (Å²) in [6.45, 7) is 2.72. The fourth-order valence-corrected chi connectivity index (χ4v) is 2.04. The van der Waals surface area contributed by atoms with Gasteiger partial charge in [0.05, 0.1) is 17.7 Å². The molecule has 0 unspecified atom stereocenters. The lowest BCUT2D eigenvalue weighted by molar-refractivity contribution is -0.131. The zero-order valence-corrected chi connectivity index (χ0v) is 12.6. The lowest BCUT2D eigenvalue weighted by atomic mass is 10.2. The maximum absolute atomic E-state index is 10.5. The van der Waals surface area contributed by atoms with E-state index in [2.05, 4.69) is 21.9 Å². The van der Waals surface area contributed by atoms with Crippen molar-refractivity contribution in [3.05, 3.63) is 28.2 Å². The second-order valence-electron chi connectivity index (χ2n) is 3.74. The van der Waals surface area contributed by atoms with E-state index in [-0.39, 0.29) is 0 Å². The third kappa shape index (κ3) is 4.98. The highest BCUT2D eigenvalue weighted by atomic mass is 79.9. The van der Waals surface area contributed by atoms with Gasteiger partial charge in [-0.2, -0.15) is 0 Å². The van der Waals surface area contributed by atoms with Crippen molar-refractivity contribution in [2.45, 2.75) is 13.3 Å². The molecule has 0 amide bonds. The zero-order chi connectivity index (χ0) is 15.0. The lowest BCUT2D eigenvalue weighted by Crippen LogP contribution is -2.01. The molecule has 0 atom stereocenters. The van der Waals surface area contributed by atoms with Crippen molar-refractivity contribution in [2.75, 3.05) is 13.2 Å². The number of ether oxygens (including phenoxy) is 2. The maximum atomic E-state index is 10.5. The molecular formula is C15H15BrO4. The first-order chi connectivity index (χ1) is 9.58. The number of rotatable bonds is 7. The van der Waals surface area contributed by atoms with E-state index >= 15 is 0 Å². The van der Waals surface area contributed by atoms with Gasteiger partial charge in [-0.25, -0.2) is 4.79 Å². The molecule has 4 nitrogen and oxygen atoms in total. The quantitative estimate of drug-likeness (QED) is 0.470. The summed E-state index contributed by atoms with van der Waals surface area (Å²) in [6, 6.07) is 3.48. The van der Waals surface area contributed by atoms with Crippen LogP contribution < -0.4 is 9.47 Å². The van der Waals surface area contributed by atoms with Crippen LogP contribution in [0, 0.1) is 12.3 Å². The van der Waals surface area contributed by atoms with Crippen LogP contribution in [0.15, 0.2) is 22.7 Å². The number of halogens is 1. The highest BCUT2D eigenvalue weighted by Gasteiger charge is 2.11.